The van der Waals surface area contributed by atoms with Gasteiger partial charge in [-0.1, -0.05) is 37.3 Å². The summed E-state index contributed by atoms with van der Waals surface area (Å²) in [6.07, 6.45) is 0.639. The van der Waals surface area contributed by atoms with Crippen LogP contribution in [0.2, 0.25) is 0 Å². The van der Waals surface area contributed by atoms with Crippen LogP contribution in [0.5, 0.6) is 0 Å². The molecule has 2 atom stereocenters. The summed E-state index contributed by atoms with van der Waals surface area (Å²) in [5, 5.41) is 5.88. The topological polar surface area (TPSA) is 30.5 Å². The van der Waals surface area contributed by atoms with Crippen molar-refractivity contribution >= 4 is 16.5 Å². The Hall–Kier alpha value is -1.58. The van der Waals surface area contributed by atoms with Crippen LogP contribution in [0.15, 0.2) is 42.5 Å². The van der Waals surface area contributed by atoms with Gasteiger partial charge in [-0.15, -0.1) is 0 Å². The smallest absolute Gasteiger partial charge is 0.157 e. The summed E-state index contributed by atoms with van der Waals surface area (Å²) in [6, 6.07) is 14.7. The highest BCUT2D eigenvalue weighted by molar-refractivity contribution is 5.85. The molecule has 0 aliphatic heterocycles. The molecule has 0 heterocycles. The lowest BCUT2D eigenvalue weighted by atomic mass is 10.1. The maximum Gasteiger partial charge on any atom is 0.157 e. The normalized spacial score (nSPS) is 14.2. The van der Waals surface area contributed by atoms with E-state index in [4.69, 9.17) is 9.47 Å². The fourth-order valence-corrected chi connectivity index (χ4v) is 2.20. The second-order valence-electron chi connectivity index (χ2n) is 4.76. The minimum absolute atomic E-state index is 0.0438. The van der Waals surface area contributed by atoms with E-state index in [1.807, 2.05) is 13.8 Å². The molecule has 3 nitrogen and oxygen atoms in total. The molecule has 0 aromatic heterocycles. The highest BCUT2D eigenvalue weighted by Crippen LogP contribution is 2.20. The first-order chi connectivity index (χ1) is 9.72. The highest BCUT2D eigenvalue weighted by Gasteiger charge is 2.11. The number of fused-ring (bicyclic) bond motifs is 1. The number of anilines is 1. The molecule has 0 spiro atoms. The van der Waals surface area contributed by atoms with Gasteiger partial charge in [-0.25, -0.2) is 0 Å². The van der Waals surface area contributed by atoms with E-state index in [0.29, 0.717) is 6.61 Å². The van der Waals surface area contributed by atoms with Gasteiger partial charge in [0, 0.05) is 12.3 Å². The van der Waals surface area contributed by atoms with E-state index in [-0.39, 0.29) is 12.5 Å². The summed E-state index contributed by atoms with van der Waals surface area (Å²) in [5.74, 6) is 0. The Labute approximate surface area is 120 Å². The molecule has 2 rings (SSSR count). The molecule has 3 heteroatoms. The average Bonchev–Trinajstić information content (AvgIpc) is 2.46. The van der Waals surface area contributed by atoms with Crippen LogP contribution < -0.4 is 5.32 Å². The molecule has 0 aliphatic rings. The lowest BCUT2D eigenvalue weighted by molar-refractivity contribution is -0.150. The van der Waals surface area contributed by atoms with Crippen LogP contribution in [0.1, 0.15) is 27.2 Å². The molecule has 0 amide bonds. The number of hydrogen-bond acceptors (Lipinski definition) is 3. The third kappa shape index (κ3) is 3.95. The van der Waals surface area contributed by atoms with E-state index in [0.717, 1.165) is 12.1 Å². The van der Waals surface area contributed by atoms with Crippen molar-refractivity contribution in [2.24, 2.45) is 0 Å². The van der Waals surface area contributed by atoms with Crippen LogP contribution in [-0.2, 0) is 9.47 Å². The first-order valence-electron chi connectivity index (χ1n) is 7.25. The van der Waals surface area contributed by atoms with E-state index >= 15 is 0 Å². The molecule has 2 aromatic rings. The van der Waals surface area contributed by atoms with Crippen LogP contribution in [0.3, 0.4) is 0 Å². The van der Waals surface area contributed by atoms with Gasteiger partial charge in [-0.3, -0.25) is 0 Å². The minimum atomic E-state index is -0.196. The largest absolute Gasteiger partial charge is 0.360 e. The average molecular weight is 273 g/mol. The zero-order chi connectivity index (χ0) is 14.4. The highest BCUT2D eigenvalue weighted by atomic mass is 16.7. The van der Waals surface area contributed by atoms with Crippen molar-refractivity contribution < 1.29 is 9.47 Å². The Morgan fingerprint density at radius 1 is 1.05 bits per heavy atom. The van der Waals surface area contributed by atoms with Crippen molar-refractivity contribution in [3.8, 4) is 0 Å². The van der Waals surface area contributed by atoms with Crippen molar-refractivity contribution in [2.75, 3.05) is 11.9 Å². The Morgan fingerprint density at radius 2 is 1.80 bits per heavy atom. The Bertz CT molecular complexity index is 541. The lowest BCUT2D eigenvalue weighted by Crippen LogP contribution is -2.28. The Morgan fingerprint density at radius 3 is 2.50 bits per heavy atom. The van der Waals surface area contributed by atoms with Gasteiger partial charge in [0.2, 0.25) is 0 Å². The third-order valence-electron chi connectivity index (χ3n) is 3.21. The Balaban J connectivity index is 2.05. The molecule has 0 radical (unpaired) electrons. The van der Waals surface area contributed by atoms with Crippen LogP contribution in [0.25, 0.3) is 10.8 Å². The first-order valence-corrected chi connectivity index (χ1v) is 7.25. The van der Waals surface area contributed by atoms with Crippen molar-refractivity contribution in [1.29, 1.82) is 0 Å². The quantitative estimate of drug-likeness (QED) is 0.759. The van der Waals surface area contributed by atoms with Crippen molar-refractivity contribution in [3.05, 3.63) is 42.5 Å². The number of ether oxygens (including phenoxy) is 2. The predicted octanol–water partition coefficient (Wildman–Crippen LogP) is 4.39. The molecule has 0 saturated heterocycles. The Kier molecular flexibility index (Phi) is 5.39. The van der Waals surface area contributed by atoms with Crippen molar-refractivity contribution in [1.82, 2.24) is 0 Å². The van der Waals surface area contributed by atoms with E-state index < -0.39 is 0 Å². The summed E-state index contributed by atoms with van der Waals surface area (Å²) in [4.78, 5) is 0. The molecule has 2 aromatic carbocycles. The SMILES string of the molecule is CCOC(C)OC(CC)Nc1ccc2ccccc2c1. The van der Waals surface area contributed by atoms with Crippen molar-refractivity contribution in [2.45, 2.75) is 39.7 Å². The predicted molar refractivity (Wildman–Crippen MR) is 83.8 cm³/mol. The van der Waals surface area contributed by atoms with Crippen LogP contribution >= 0.6 is 0 Å². The molecular weight excluding hydrogens is 250 g/mol. The van der Waals surface area contributed by atoms with Gasteiger partial charge >= 0.3 is 0 Å². The van der Waals surface area contributed by atoms with Gasteiger partial charge in [-0.2, -0.15) is 0 Å². The zero-order valence-electron chi connectivity index (χ0n) is 12.4. The van der Waals surface area contributed by atoms with Gasteiger partial charge in [0.15, 0.2) is 6.29 Å². The summed E-state index contributed by atoms with van der Waals surface area (Å²) >= 11 is 0. The van der Waals surface area contributed by atoms with Crippen LogP contribution in [0.4, 0.5) is 5.69 Å². The maximum absolute atomic E-state index is 5.82. The summed E-state index contributed by atoms with van der Waals surface area (Å²) < 4.78 is 11.2. The van der Waals surface area contributed by atoms with Gasteiger partial charge in [-0.05, 0) is 43.2 Å². The zero-order valence-corrected chi connectivity index (χ0v) is 12.4. The van der Waals surface area contributed by atoms with E-state index in [9.17, 15) is 0 Å². The molecule has 1 N–H and O–H groups in total. The second kappa shape index (κ2) is 7.27. The molecule has 0 saturated carbocycles. The molecule has 0 bridgehead atoms. The molecule has 2 unspecified atom stereocenters. The van der Waals surface area contributed by atoms with E-state index in [1.54, 1.807) is 0 Å². The second-order valence-corrected chi connectivity index (χ2v) is 4.76. The number of nitrogens with one attached hydrogen (secondary N) is 1. The number of rotatable bonds is 7. The van der Waals surface area contributed by atoms with Gasteiger partial charge in [0.05, 0.1) is 0 Å². The third-order valence-corrected chi connectivity index (χ3v) is 3.21. The first kappa shape index (κ1) is 14.8. The fraction of sp³-hybridized carbons (Fsp3) is 0.412. The summed E-state index contributed by atoms with van der Waals surface area (Å²) in [5.41, 5.74) is 1.07. The van der Waals surface area contributed by atoms with Crippen LogP contribution in [0, 0.1) is 0 Å². The maximum atomic E-state index is 5.82. The van der Waals surface area contributed by atoms with Gasteiger partial charge in [0.1, 0.15) is 6.23 Å². The standard InChI is InChI=1S/C17H23NO2/c1-4-17(20-13(3)19-5-2)18-16-11-10-14-8-6-7-9-15(14)12-16/h6-13,17-18H,4-5H2,1-3H3. The fourth-order valence-electron chi connectivity index (χ4n) is 2.20. The summed E-state index contributed by atoms with van der Waals surface area (Å²) in [6.45, 7) is 6.65. The minimum Gasteiger partial charge on any atom is -0.360 e. The monoisotopic (exact) mass is 273 g/mol. The van der Waals surface area contributed by atoms with Crippen LogP contribution in [-0.4, -0.2) is 19.1 Å². The lowest BCUT2D eigenvalue weighted by Gasteiger charge is -2.23. The van der Waals surface area contributed by atoms with Crippen molar-refractivity contribution in [3.63, 3.8) is 0 Å². The van der Waals surface area contributed by atoms with E-state index in [1.165, 1.54) is 10.8 Å². The molecule has 0 fully saturated rings. The number of hydrogen-bond donors (Lipinski definition) is 1. The van der Waals surface area contributed by atoms with Gasteiger partial charge in [0.25, 0.3) is 0 Å². The van der Waals surface area contributed by atoms with Gasteiger partial charge < -0.3 is 14.8 Å². The van der Waals surface area contributed by atoms with E-state index in [2.05, 4.69) is 54.7 Å². The molecule has 0 aliphatic carbocycles. The summed E-state index contributed by atoms with van der Waals surface area (Å²) in [7, 11) is 0. The molecular formula is C17H23NO2. The number of benzene rings is 2. The molecule has 20 heavy (non-hydrogen) atoms. The molecule has 108 valence electrons.